The largest absolute Gasteiger partial charge is 0.372 e. The van der Waals surface area contributed by atoms with Gasteiger partial charge < -0.3 is 10.2 Å². The first kappa shape index (κ1) is 18.4. The van der Waals surface area contributed by atoms with Crippen LogP contribution in [0.25, 0.3) is 11.0 Å². The van der Waals surface area contributed by atoms with Crippen molar-refractivity contribution >= 4 is 28.3 Å². The Hall–Kier alpha value is -2.95. The number of amides is 1. The van der Waals surface area contributed by atoms with Crippen LogP contribution in [0, 0.1) is 19.8 Å². The summed E-state index contributed by atoms with van der Waals surface area (Å²) in [7, 11) is 0. The van der Waals surface area contributed by atoms with Crippen molar-refractivity contribution in [2.24, 2.45) is 5.92 Å². The van der Waals surface area contributed by atoms with Gasteiger partial charge in [0, 0.05) is 30.0 Å². The van der Waals surface area contributed by atoms with Crippen molar-refractivity contribution < 1.29 is 4.79 Å². The third kappa shape index (κ3) is 3.84. The highest BCUT2D eigenvalue weighted by Gasteiger charge is 2.16. The minimum atomic E-state index is -0.138. The second-order valence-corrected chi connectivity index (χ2v) is 7.77. The number of aromatic nitrogens is 2. The number of hydrogen-bond acceptors (Lipinski definition) is 4. The third-order valence-electron chi connectivity index (χ3n) is 5.61. The molecule has 0 radical (unpaired) electrons. The maximum absolute atomic E-state index is 12.7. The van der Waals surface area contributed by atoms with Gasteiger partial charge in [-0.05, 0) is 75.1 Å². The van der Waals surface area contributed by atoms with Crippen molar-refractivity contribution in [2.45, 2.75) is 33.6 Å². The van der Waals surface area contributed by atoms with E-state index in [4.69, 9.17) is 0 Å². The molecule has 0 unspecified atom stereocenters. The van der Waals surface area contributed by atoms with E-state index in [1.165, 1.54) is 18.5 Å². The monoisotopic (exact) mass is 374 g/mol. The molecule has 3 aromatic rings. The topological polar surface area (TPSA) is 58.1 Å². The quantitative estimate of drug-likeness (QED) is 0.720. The van der Waals surface area contributed by atoms with Crippen LogP contribution in [0.15, 0.2) is 42.5 Å². The highest BCUT2D eigenvalue weighted by atomic mass is 16.1. The molecule has 2 heterocycles. The zero-order valence-electron chi connectivity index (χ0n) is 16.7. The van der Waals surface area contributed by atoms with Crippen molar-refractivity contribution in [2.75, 3.05) is 23.3 Å². The minimum Gasteiger partial charge on any atom is -0.372 e. The molecule has 144 valence electrons. The highest BCUT2D eigenvalue weighted by Crippen LogP contribution is 2.24. The summed E-state index contributed by atoms with van der Waals surface area (Å²) in [6, 6.07) is 13.6. The van der Waals surface area contributed by atoms with Crippen LogP contribution < -0.4 is 10.2 Å². The molecule has 0 atom stereocenters. The minimum absolute atomic E-state index is 0.138. The van der Waals surface area contributed by atoms with Gasteiger partial charge in [-0.1, -0.05) is 6.92 Å². The molecule has 1 aliphatic rings. The van der Waals surface area contributed by atoms with E-state index < -0.39 is 0 Å². The van der Waals surface area contributed by atoms with Crippen molar-refractivity contribution in [3.63, 3.8) is 0 Å². The molecule has 1 amide bonds. The Labute approximate surface area is 165 Å². The lowest BCUT2D eigenvalue weighted by Gasteiger charge is -2.32. The van der Waals surface area contributed by atoms with Gasteiger partial charge in [0.05, 0.1) is 22.4 Å². The summed E-state index contributed by atoms with van der Waals surface area (Å²) < 4.78 is 0. The van der Waals surface area contributed by atoms with E-state index in [-0.39, 0.29) is 5.91 Å². The normalized spacial score (nSPS) is 15.0. The Morgan fingerprint density at radius 2 is 1.61 bits per heavy atom. The molecule has 0 aliphatic carbocycles. The van der Waals surface area contributed by atoms with E-state index in [2.05, 4.69) is 39.2 Å². The summed E-state index contributed by atoms with van der Waals surface area (Å²) in [6.45, 7) is 8.39. The molecule has 5 nitrogen and oxygen atoms in total. The number of aryl methyl sites for hydroxylation is 2. The van der Waals surface area contributed by atoms with Crippen LogP contribution in [-0.4, -0.2) is 29.0 Å². The van der Waals surface area contributed by atoms with Crippen LogP contribution in [0.2, 0.25) is 0 Å². The molecule has 28 heavy (non-hydrogen) atoms. The molecular formula is C23H26N4O. The summed E-state index contributed by atoms with van der Waals surface area (Å²) in [5, 5.41) is 2.98. The summed E-state index contributed by atoms with van der Waals surface area (Å²) in [6.07, 6.45) is 2.48. The average Bonchev–Trinajstić information content (AvgIpc) is 2.70. The van der Waals surface area contributed by atoms with Crippen LogP contribution in [0.5, 0.6) is 0 Å². The van der Waals surface area contributed by atoms with Gasteiger partial charge in [0.2, 0.25) is 0 Å². The third-order valence-corrected chi connectivity index (χ3v) is 5.61. The van der Waals surface area contributed by atoms with Crippen molar-refractivity contribution in [3.05, 3.63) is 59.4 Å². The lowest BCUT2D eigenvalue weighted by atomic mass is 9.99. The molecule has 1 saturated heterocycles. The molecule has 1 aromatic heterocycles. The van der Waals surface area contributed by atoms with E-state index in [0.29, 0.717) is 5.56 Å². The number of carbonyl (C=O) groups excluding carboxylic acids is 1. The zero-order valence-corrected chi connectivity index (χ0v) is 16.7. The molecule has 1 N–H and O–H groups in total. The first-order valence-electron chi connectivity index (χ1n) is 9.91. The Bertz CT molecular complexity index is 1010. The van der Waals surface area contributed by atoms with Gasteiger partial charge in [0.15, 0.2) is 0 Å². The smallest absolute Gasteiger partial charge is 0.255 e. The van der Waals surface area contributed by atoms with Gasteiger partial charge in [-0.3, -0.25) is 4.79 Å². The van der Waals surface area contributed by atoms with E-state index >= 15 is 0 Å². The number of hydrogen-bond donors (Lipinski definition) is 1. The summed E-state index contributed by atoms with van der Waals surface area (Å²) >= 11 is 0. The number of anilines is 2. The molecule has 4 rings (SSSR count). The number of rotatable bonds is 3. The maximum Gasteiger partial charge on any atom is 0.255 e. The fourth-order valence-electron chi connectivity index (χ4n) is 3.60. The second kappa shape index (κ2) is 7.58. The molecular weight excluding hydrogens is 348 g/mol. The number of fused-ring (bicyclic) bond motifs is 1. The van der Waals surface area contributed by atoms with Crippen molar-refractivity contribution in [1.29, 1.82) is 0 Å². The lowest BCUT2D eigenvalue weighted by Crippen LogP contribution is -2.32. The van der Waals surface area contributed by atoms with Crippen LogP contribution in [0.3, 0.4) is 0 Å². The molecule has 0 spiro atoms. The molecule has 2 aromatic carbocycles. The first-order chi connectivity index (χ1) is 13.5. The Morgan fingerprint density at radius 3 is 2.29 bits per heavy atom. The van der Waals surface area contributed by atoms with E-state index in [9.17, 15) is 4.79 Å². The fourth-order valence-corrected chi connectivity index (χ4v) is 3.60. The number of piperidine rings is 1. The SMILES string of the molecule is Cc1nc2ccc(C(=O)Nc3ccc(N4CCC(C)CC4)cc3)cc2nc1C. The number of nitrogens with one attached hydrogen (secondary N) is 1. The Kier molecular flexibility index (Phi) is 4.99. The average molecular weight is 374 g/mol. The van der Waals surface area contributed by atoms with Gasteiger partial charge in [-0.15, -0.1) is 0 Å². The zero-order chi connectivity index (χ0) is 19.7. The second-order valence-electron chi connectivity index (χ2n) is 7.77. The van der Waals surface area contributed by atoms with Crippen LogP contribution in [-0.2, 0) is 0 Å². The number of carbonyl (C=O) groups is 1. The fraction of sp³-hybridized carbons (Fsp3) is 0.348. The van der Waals surface area contributed by atoms with E-state index in [1.807, 2.05) is 32.0 Å². The van der Waals surface area contributed by atoms with Gasteiger partial charge in [0.1, 0.15) is 0 Å². The van der Waals surface area contributed by atoms with Gasteiger partial charge in [0.25, 0.3) is 5.91 Å². The van der Waals surface area contributed by atoms with Gasteiger partial charge in [-0.25, -0.2) is 9.97 Å². The van der Waals surface area contributed by atoms with Gasteiger partial charge in [-0.2, -0.15) is 0 Å². The predicted molar refractivity (Wildman–Crippen MR) is 114 cm³/mol. The Balaban J connectivity index is 1.47. The predicted octanol–water partition coefficient (Wildman–Crippen LogP) is 4.74. The standard InChI is InChI=1S/C23H26N4O/c1-15-10-12-27(13-11-15)20-7-5-19(6-8-20)26-23(28)18-4-9-21-22(14-18)25-17(3)16(2)24-21/h4-9,14-15H,10-13H2,1-3H3,(H,26,28). The van der Waals surface area contributed by atoms with Crippen molar-refractivity contribution in [3.8, 4) is 0 Å². The van der Waals surface area contributed by atoms with Crippen LogP contribution >= 0.6 is 0 Å². The molecule has 1 fully saturated rings. The van der Waals surface area contributed by atoms with Gasteiger partial charge >= 0.3 is 0 Å². The van der Waals surface area contributed by atoms with E-state index in [0.717, 1.165) is 47.1 Å². The first-order valence-corrected chi connectivity index (χ1v) is 9.91. The number of benzene rings is 2. The summed E-state index contributed by atoms with van der Waals surface area (Å²) in [5.74, 6) is 0.677. The molecule has 0 saturated carbocycles. The van der Waals surface area contributed by atoms with E-state index in [1.54, 1.807) is 12.1 Å². The molecule has 0 bridgehead atoms. The summed E-state index contributed by atoms with van der Waals surface area (Å²) in [5.41, 5.74) is 5.94. The maximum atomic E-state index is 12.7. The summed E-state index contributed by atoms with van der Waals surface area (Å²) in [4.78, 5) is 24.1. The Morgan fingerprint density at radius 1 is 0.964 bits per heavy atom. The van der Waals surface area contributed by atoms with Crippen LogP contribution in [0.1, 0.15) is 41.5 Å². The van der Waals surface area contributed by atoms with Crippen molar-refractivity contribution in [1.82, 2.24) is 9.97 Å². The lowest BCUT2D eigenvalue weighted by molar-refractivity contribution is 0.102. The number of nitrogens with zero attached hydrogens (tertiary/aromatic N) is 3. The van der Waals surface area contributed by atoms with Crippen LogP contribution in [0.4, 0.5) is 11.4 Å². The highest BCUT2D eigenvalue weighted by molar-refractivity contribution is 6.05. The molecule has 1 aliphatic heterocycles. The molecule has 5 heteroatoms.